The summed E-state index contributed by atoms with van der Waals surface area (Å²) in [5, 5.41) is 3.14. The number of carbonyl (C=O) groups is 2. The van der Waals surface area contributed by atoms with Gasteiger partial charge in [-0.25, -0.2) is 4.79 Å². The van der Waals surface area contributed by atoms with Crippen LogP contribution in [0.5, 0.6) is 0 Å². The first-order chi connectivity index (χ1) is 12.1. The fraction of sp³-hybridized carbons (Fsp3) is 0.895. The summed E-state index contributed by atoms with van der Waals surface area (Å²) in [6, 6.07) is 0.824. The van der Waals surface area contributed by atoms with Crippen LogP contribution in [-0.2, 0) is 9.53 Å². The van der Waals surface area contributed by atoms with Gasteiger partial charge in [0.1, 0.15) is 0 Å². The number of fused-ring (bicyclic) bond motifs is 1. The molecule has 1 N–H and O–H groups in total. The van der Waals surface area contributed by atoms with Gasteiger partial charge in [-0.2, -0.15) is 0 Å². The molecular formula is C19H31N3O3. The third kappa shape index (κ3) is 3.25. The van der Waals surface area contributed by atoms with Crippen LogP contribution < -0.4 is 5.32 Å². The number of carbonyl (C=O) groups excluding carboxylic acids is 2. The Morgan fingerprint density at radius 2 is 2.00 bits per heavy atom. The topological polar surface area (TPSA) is 61.9 Å². The Kier molecular flexibility index (Phi) is 4.65. The Labute approximate surface area is 150 Å². The van der Waals surface area contributed by atoms with Crippen LogP contribution in [0.15, 0.2) is 0 Å². The minimum Gasteiger partial charge on any atom is -0.469 e. The standard InChI is InChI=1S/C19H31N3O3/c1-25-17(23)19-8-3-2-4-15(19)12-22(13-19)18(24)20-10-14-7-9-21(11-14)16-5-6-16/h14-16H,2-13H2,1H3,(H,20,24)/t14-,15-,19-/m1/s1. The van der Waals surface area contributed by atoms with E-state index in [9.17, 15) is 9.59 Å². The van der Waals surface area contributed by atoms with Gasteiger partial charge in [-0.3, -0.25) is 4.79 Å². The van der Waals surface area contributed by atoms with Gasteiger partial charge in [0.15, 0.2) is 0 Å². The molecule has 6 heteroatoms. The van der Waals surface area contributed by atoms with Crippen molar-refractivity contribution in [3.05, 3.63) is 0 Å². The van der Waals surface area contributed by atoms with Crippen LogP contribution >= 0.6 is 0 Å². The summed E-state index contributed by atoms with van der Waals surface area (Å²) in [5.74, 6) is 0.712. The van der Waals surface area contributed by atoms with Crippen LogP contribution in [0.1, 0.15) is 44.9 Å². The molecule has 2 aliphatic heterocycles. The van der Waals surface area contributed by atoms with Crippen LogP contribution in [-0.4, -0.2) is 67.7 Å². The summed E-state index contributed by atoms with van der Waals surface area (Å²) in [5.41, 5.74) is -0.458. The minimum absolute atomic E-state index is 0.00236. The molecule has 140 valence electrons. The van der Waals surface area contributed by atoms with Gasteiger partial charge in [0, 0.05) is 32.2 Å². The van der Waals surface area contributed by atoms with Gasteiger partial charge in [-0.05, 0) is 50.5 Å². The molecule has 2 saturated heterocycles. The van der Waals surface area contributed by atoms with Crippen molar-refractivity contribution in [2.24, 2.45) is 17.3 Å². The average molecular weight is 349 g/mol. The van der Waals surface area contributed by atoms with E-state index in [4.69, 9.17) is 4.74 Å². The molecule has 25 heavy (non-hydrogen) atoms. The predicted molar refractivity (Wildman–Crippen MR) is 94.1 cm³/mol. The van der Waals surface area contributed by atoms with Crippen LogP contribution in [0.25, 0.3) is 0 Å². The van der Waals surface area contributed by atoms with E-state index < -0.39 is 5.41 Å². The average Bonchev–Trinajstić information content (AvgIpc) is 3.24. The summed E-state index contributed by atoms with van der Waals surface area (Å²) in [4.78, 5) is 29.5. The zero-order chi connectivity index (χ0) is 17.4. The highest BCUT2D eigenvalue weighted by Crippen LogP contribution is 2.47. The van der Waals surface area contributed by atoms with Crippen LogP contribution in [0.2, 0.25) is 0 Å². The monoisotopic (exact) mass is 349 g/mol. The van der Waals surface area contributed by atoms with Crippen molar-refractivity contribution in [2.45, 2.75) is 51.0 Å². The molecule has 0 aromatic carbocycles. The number of rotatable bonds is 4. The lowest BCUT2D eigenvalue weighted by molar-refractivity contribution is -0.156. The van der Waals surface area contributed by atoms with Gasteiger partial charge < -0.3 is 19.9 Å². The first-order valence-electron chi connectivity index (χ1n) is 9.97. The normalized spacial score (nSPS) is 35.5. The number of hydrogen-bond acceptors (Lipinski definition) is 4. The fourth-order valence-electron chi connectivity index (χ4n) is 5.29. The summed E-state index contributed by atoms with van der Waals surface area (Å²) in [6.07, 6.45) is 7.97. The largest absolute Gasteiger partial charge is 0.469 e. The SMILES string of the molecule is COC(=O)[C@@]12CCCC[C@@H]1CN(C(=O)NC[C@H]1CCN(C3CC3)C1)C2. The number of amides is 2. The number of nitrogens with zero attached hydrogens (tertiary/aromatic N) is 2. The van der Waals surface area contributed by atoms with Crippen molar-refractivity contribution >= 4 is 12.0 Å². The molecule has 4 aliphatic rings. The first kappa shape index (κ1) is 17.1. The highest BCUT2D eigenvalue weighted by molar-refractivity contribution is 5.81. The third-order valence-corrected chi connectivity index (χ3v) is 6.92. The lowest BCUT2D eigenvalue weighted by Crippen LogP contribution is -2.44. The van der Waals surface area contributed by atoms with Crippen LogP contribution in [0.3, 0.4) is 0 Å². The van der Waals surface area contributed by atoms with Gasteiger partial charge in [0.05, 0.1) is 12.5 Å². The molecule has 6 nitrogen and oxygen atoms in total. The van der Waals surface area contributed by atoms with E-state index in [2.05, 4.69) is 10.2 Å². The van der Waals surface area contributed by atoms with E-state index in [1.165, 1.54) is 32.9 Å². The maximum Gasteiger partial charge on any atom is 0.317 e. The molecule has 0 aromatic rings. The molecule has 0 unspecified atom stereocenters. The molecule has 4 fully saturated rings. The summed E-state index contributed by atoms with van der Waals surface area (Å²) in [7, 11) is 1.47. The van der Waals surface area contributed by atoms with E-state index in [-0.39, 0.29) is 17.9 Å². The second-order valence-electron chi connectivity index (χ2n) is 8.54. The van der Waals surface area contributed by atoms with Crippen molar-refractivity contribution in [2.75, 3.05) is 39.8 Å². The van der Waals surface area contributed by atoms with E-state index in [0.717, 1.165) is 44.8 Å². The number of urea groups is 1. The van der Waals surface area contributed by atoms with Crippen molar-refractivity contribution in [1.29, 1.82) is 0 Å². The van der Waals surface area contributed by atoms with Gasteiger partial charge in [-0.1, -0.05) is 12.8 Å². The molecule has 0 aromatic heterocycles. The van der Waals surface area contributed by atoms with Crippen molar-refractivity contribution < 1.29 is 14.3 Å². The van der Waals surface area contributed by atoms with Gasteiger partial charge in [-0.15, -0.1) is 0 Å². The summed E-state index contributed by atoms with van der Waals surface area (Å²) < 4.78 is 5.10. The lowest BCUT2D eigenvalue weighted by Gasteiger charge is -2.35. The predicted octanol–water partition coefficient (Wildman–Crippen LogP) is 1.85. The van der Waals surface area contributed by atoms with E-state index in [1.54, 1.807) is 0 Å². The Morgan fingerprint density at radius 1 is 1.16 bits per heavy atom. The van der Waals surface area contributed by atoms with E-state index in [1.807, 2.05) is 4.90 Å². The number of likely N-dealkylation sites (tertiary alicyclic amines) is 2. The second kappa shape index (κ2) is 6.78. The number of methoxy groups -OCH3 is 1. The van der Waals surface area contributed by atoms with Crippen molar-refractivity contribution in [3.8, 4) is 0 Å². The number of hydrogen-bond donors (Lipinski definition) is 1. The highest BCUT2D eigenvalue weighted by Gasteiger charge is 2.54. The zero-order valence-corrected chi connectivity index (χ0v) is 15.3. The lowest BCUT2D eigenvalue weighted by atomic mass is 9.68. The second-order valence-corrected chi connectivity index (χ2v) is 8.54. The maximum atomic E-state index is 12.7. The molecule has 4 rings (SSSR count). The van der Waals surface area contributed by atoms with Gasteiger partial charge >= 0.3 is 12.0 Å². The molecule has 0 bridgehead atoms. The number of esters is 1. The highest BCUT2D eigenvalue weighted by atomic mass is 16.5. The van der Waals surface area contributed by atoms with E-state index in [0.29, 0.717) is 19.0 Å². The third-order valence-electron chi connectivity index (χ3n) is 6.92. The van der Waals surface area contributed by atoms with Crippen molar-refractivity contribution in [3.63, 3.8) is 0 Å². The van der Waals surface area contributed by atoms with Crippen molar-refractivity contribution in [1.82, 2.24) is 15.1 Å². The minimum atomic E-state index is -0.458. The smallest absolute Gasteiger partial charge is 0.317 e. The van der Waals surface area contributed by atoms with E-state index >= 15 is 0 Å². The molecule has 3 atom stereocenters. The summed E-state index contributed by atoms with van der Waals surface area (Å²) in [6.45, 7) is 4.28. The Hall–Kier alpha value is -1.30. The Bertz CT molecular complexity index is 536. The molecular weight excluding hydrogens is 318 g/mol. The van der Waals surface area contributed by atoms with Gasteiger partial charge in [0.2, 0.25) is 0 Å². The molecule has 0 spiro atoms. The maximum absolute atomic E-state index is 12.7. The molecule has 2 aliphatic carbocycles. The van der Waals surface area contributed by atoms with Crippen LogP contribution in [0.4, 0.5) is 4.79 Å². The quantitative estimate of drug-likeness (QED) is 0.787. The molecule has 2 heterocycles. The Morgan fingerprint density at radius 3 is 2.76 bits per heavy atom. The molecule has 2 saturated carbocycles. The Balaban J connectivity index is 1.31. The van der Waals surface area contributed by atoms with Crippen LogP contribution in [0, 0.1) is 17.3 Å². The summed E-state index contributed by atoms with van der Waals surface area (Å²) >= 11 is 0. The molecule has 0 radical (unpaired) electrons. The first-order valence-corrected chi connectivity index (χ1v) is 9.97. The van der Waals surface area contributed by atoms with Gasteiger partial charge in [0.25, 0.3) is 0 Å². The number of ether oxygens (including phenoxy) is 1. The fourth-order valence-corrected chi connectivity index (χ4v) is 5.29. The molecule has 2 amide bonds. The zero-order valence-electron chi connectivity index (χ0n) is 15.3. The number of nitrogens with one attached hydrogen (secondary N) is 1.